The topological polar surface area (TPSA) is 111 Å². The van der Waals surface area contributed by atoms with Gasteiger partial charge in [-0.05, 0) is 38.5 Å². The minimum atomic E-state index is -3.82. The molecule has 0 radical (unpaired) electrons. The van der Waals surface area contributed by atoms with E-state index in [9.17, 15) is 13.2 Å². The first kappa shape index (κ1) is 15.2. The standard InChI is InChI=1S/C10H21N3O4S/c1-2-17-10(14)13-18(15,16)12-7-8-3-5-9(11)6-4-8/h8-9,12H,2-7,11H2,1H3,(H,13,14). The van der Waals surface area contributed by atoms with E-state index in [1.807, 2.05) is 0 Å². The molecule has 1 saturated carbocycles. The van der Waals surface area contributed by atoms with Crippen molar-refractivity contribution in [3.05, 3.63) is 0 Å². The van der Waals surface area contributed by atoms with Crippen LogP contribution in [0.4, 0.5) is 4.79 Å². The Morgan fingerprint density at radius 2 is 1.94 bits per heavy atom. The van der Waals surface area contributed by atoms with E-state index in [0.717, 1.165) is 25.7 Å². The molecule has 0 aliphatic heterocycles. The van der Waals surface area contributed by atoms with Gasteiger partial charge in [-0.25, -0.2) is 9.52 Å². The van der Waals surface area contributed by atoms with Crippen LogP contribution in [0.25, 0.3) is 0 Å². The molecule has 0 atom stereocenters. The Morgan fingerprint density at radius 1 is 1.33 bits per heavy atom. The summed E-state index contributed by atoms with van der Waals surface area (Å²) in [5, 5.41) is 0. The van der Waals surface area contributed by atoms with Crippen molar-refractivity contribution in [1.29, 1.82) is 0 Å². The zero-order chi connectivity index (χ0) is 13.6. The van der Waals surface area contributed by atoms with Crippen LogP contribution >= 0.6 is 0 Å². The number of carbonyl (C=O) groups excluding carboxylic acids is 1. The number of amides is 1. The van der Waals surface area contributed by atoms with Crippen LogP contribution in [0.1, 0.15) is 32.6 Å². The Hall–Kier alpha value is -0.860. The van der Waals surface area contributed by atoms with Crippen molar-refractivity contribution in [3.63, 3.8) is 0 Å². The van der Waals surface area contributed by atoms with Gasteiger partial charge in [0, 0.05) is 12.6 Å². The highest BCUT2D eigenvalue weighted by Crippen LogP contribution is 2.22. The Bertz CT molecular complexity index is 363. The molecule has 18 heavy (non-hydrogen) atoms. The molecule has 0 aromatic rings. The molecule has 0 aromatic heterocycles. The van der Waals surface area contributed by atoms with Gasteiger partial charge >= 0.3 is 16.3 Å². The molecule has 0 saturated heterocycles. The molecule has 1 aliphatic carbocycles. The zero-order valence-electron chi connectivity index (χ0n) is 10.5. The second-order valence-corrected chi connectivity index (χ2v) is 5.95. The van der Waals surface area contributed by atoms with E-state index in [0.29, 0.717) is 6.54 Å². The van der Waals surface area contributed by atoms with Gasteiger partial charge in [-0.1, -0.05) is 0 Å². The van der Waals surface area contributed by atoms with E-state index in [4.69, 9.17) is 5.73 Å². The van der Waals surface area contributed by atoms with Crippen LogP contribution in [0.2, 0.25) is 0 Å². The molecule has 1 fully saturated rings. The van der Waals surface area contributed by atoms with E-state index in [2.05, 4.69) is 9.46 Å². The van der Waals surface area contributed by atoms with Crippen LogP contribution in [-0.4, -0.2) is 33.7 Å². The highest BCUT2D eigenvalue weighted by atomic mass is 32.2. The summed E-state index contributed by atoms with van der Waals surface area (Å²) in [5.41, 5.74) is 5.77. The first-order chi connectivity index (χ1) is 8.43. The average Bonchev–Trinajstić information content (AvgIpc) is 2.28. The molecule has 4 N–H and O–H groups in total. The molecular weight excluding hydrogens is 258 g/mol. The van der Waals surface area contributed by atoms with Crippen LogP contribution in [0, 0.1) is 5.92 Å². The molecule has 106 valence electrons. The number of ether oxygens (including phenoxy) is 1. The smallest absolute Gasteiger partial charge is 0.421 e. The molecule has 0 unspecified atom stereocenters. The fourth-order valence-electron chi connectivity index (χ4n) is 1.93. The molecule has 0 aromatic carbocycles. The largest absolute Gasteiger partial charge is 0.449 e. The van der Waals surface area contributed by atoms with Gasteiger partial charge < -0.3 is 10.5 Å². The first-order valence-electron chi connectivity index (χ1n) is 6.12. The second kappa shape index (κ2) is 6.91. The molecule has 8 heteroatoms. The van der Waals surface area contributed by atoms with Gasteiger partial charge in [0.15, 0.2) is 0 Å². The van der Waals surface area contributed by atoms with Crippen molar-refractivity contribution >= 4 is 16.3 Å². The van der Waals surface area contributed by atoms with Crippen molar-refractivity contribution in [2.24, 2.45) is 11.7 Å². The number of carbonyl (C=O) groups is 1. The van der Waals surface area contributed by atoms with Gasteiger partial charge in [0.05, 0.1) is 6.61 Å². The lowest BCUT2D eigenvalue weighted by atomic mass is 9.87. The minimum absolute atomic E-state index is 0.127. The Morgan fingerprint density at radius 3 is 2.50 bits per heavy atom. The highest BCUT2D eigenvalue weighted by Gasteiger charge is 2.21. The first-order valence-corrected chi connectivity index (χ1v) is 7.61. The molecule has 7 nitrogen and oxygen atoms in total. The Balaban J connectivity index is 2.31. The molecule has 1 rings (SSSR count). The van der Waals surface area contributed by atoms with E-state index < -0.39 is 16.3 Å². The molecular formula is C10H21N3O4S. The minimum Gasteiger partial charge on any atom is -0.449 e. The third-order valence-corrected chi connectivity index (χ3v) is 3.93. The van der Waals surface area contributed by atoms with E-state index in [1.165, 1.54) is 0 Å². The van der Waals surface area contributed by atoms with Gasteiger partial charge in [0.1, 0.15) is 0 Å². The summed E-state index contributed by atoms with van der Waals surface area (Å²) in [6.07, 6.45) is 2.68. The van der Waals surface area contributed by atoms with E-state index in [1.54, 1.807) is 11.6 Å². The predicted molar refractivity (Wildman–Crippen MR) is 67.0 cm³/mol. The van der Waals surface area contributed by atoms with Crippen molar-refractivity contribution in [3.8, 4) is 0 Å². The maximum absolute atomic E-state index is 11.5. The Kier molecular flexibility index (Phi) is 5.83. The summed E-state index contributed by atoms with van der Waals surface area (Å²) in [6.45, 7) is 2.05. The molecule has 1 amide bonds. The zero-order valence-corrected chi connectivity index (χ0v) is 11.3. The number of hydrogen-bond acceptors (Lipinski definition) is 5. The lowest BCUT2D eigenvalue weighted by Crippen LogP contribution is -2.43. The predicted octanol–water partition coefficient (Wildman–Crippen LogP) is 0.0844. The van der Waals surface area contributed by atoms with Gasteiger partial charge in [-0.3, -0.25) is 0 Å². The van der Waals surface area contributed by atoms with Gasteiger partial charge in [0.25, 0.3) is 0 Å². The van der Waals surface area contributed by atoms with Gasteiger partial charge in [-0.2, -0.15) is 13.1 Å². The highest BCUT2D eigenvalue weighted by molar-refractivity contribution is 7.88. The maximum atomic E-state index is 11.5. The summed E-state index contributed by atoms with van der Waals surface area (Å²) in [5.74, 6) is 0.281. The van der Waals surface area contributed by atoms with Crippen LogP contribution in [0.3, 0.4) is 0 Å². The van der Waals surface area contributed by atoms with Crippen LogP contribution < -0.4 is 15.2 Å². The third-order valence-electron chi connectivity index (χ3n) is 2.95. The summed E-state index contributed by atoms with van der Waals surface area (Å²) in [6, 6.07) is 0.232. The van der Waals surface area contributed by atoms with Crippen molar-refractivity contribution < 1.29 is 17.9 Å². The summed E-state index contributed by atoms with van der Waals surface area (Å²) >= 11 is 0. The molecule has 0 heterocycles. The summed E-state index contributed by atoms with van der Waals surface area (Å²) in [7, 11) is -3.82. The van der Waals surface area contributed by atoms with Crippen molar-refractivity contribution in [1.82, 2.24) is 9.44 Å². The number of nitrogens with one attached hydrogen (secondary N) is 2. The molecule has 0 bridgehead atoms. The monoisotopic (exact) mass is 279 g/mol. The normalized spacial score (nSPS) is 24.6. The third kappa shape index (κ3) is 5.65. The molecule has 0 spiro atoms. The summed E-state index contributed by atoms with van der Waals surface area (Å²) < 4.78 is 31.6. The number of hydrogen-bond donors (Lipinski definition) is 3. The fourth-order valence-corrected chi connectivity index (χ4v) is 2.73. The fraction of sp³-hybridized carbons (Fsp3) is 0.900. The van der Waals surface area contributed by atoms with Crippen molar-refractivity contribution in [2.75, 3.05) is 13.2 Å². The second-order valence-electron chi connectivity index (χ2n) is 4.46. The van der Waals surface area contributed by atoms with E-state index in [-0.39, 0.29) is 18.6 Å². The van der Waals surface area contributed by atoms with Crippen LogP contribution in [-0.2, 0) is 14.9 Å². The van der Waals surface area contributed by atoms with Gasteiger partial charge in [-0.15, -0.1) is 0 Å². The number of rotatable bonds is 5. The quantitative estimate of drug-likeness (QED) is 0.660. The van der Waals surface area contributed by atoms with E-state index >= 15 is 0 Å². The molecule has 1 aliphatic rings. The average molecular weight is 279 g/mol. The van der Waals surface area contributed by atoms with Crippen LogP contribution in [0.5, 0.6) is 0 Å². The van der Waals surface area contributed by atoms with Gasteiger partial charge in [0.2, 0.25) is 0 Å². The summed E-state index contributed by atoms with van der Waals surface area (Å²) in [4.78, 5) is 11.0. The SMILES string of the molecule is CCOC(=O)NS(=O)(=O)NCC1CCC(N)CC1. The van der Waals surface area contributed by atoms with Crippen LogP contribution in [0.15, 0.2) is 0 Å². The number of nitrogens with two attached hydrogens (primary N) is 1. The Labute approximate surface area is 108 Å². The lowest BCUT2D eigenvalue weighted by Gasteiger charge is -2.25. The maximum Gasteiger partial charge on any atom is 0.421 e. The lowest BCUT2D eigenvalue weighted by molar-refractivity contribution is 0.158. The van der Waals surface area contributed by atoms with Crippen molar-refractivity contribution in [2.45, 2.75) is 38.6 Å².